The van der Waals surface area contributed by atoms with Crippen LogP contribution < -0.4 is 10.1 Å². The lowest BCUT2D eigenvalue weighted by Gasteiger charge is -2.04. The van der Waals surface area contributed by atoms with Crippen LogP contribution in [0.1, 0.15) is 5.69 Å². The SMILES string of the molecule is CNCc1nn(-c2cccc(OC)c2)cc1Br. The molecule has 0 saturated heterocycles. The molecule has 4 nitrogen and oxygen atoms in total. The number of hydrogen-bond acceptors (Lipinski definition) is 3. The van der Waals surface area contributed by atoms with Gasteiger partial charge in [0.1, 0.15) is 5.75 Å². The highest BCUT2D eigenvalue weighted by atomic mass is 79.9. The van der Waals surface area contributed by atoms with Crippen molar-refractivity contribution in [2.75, 3.05) is 14.2 Å². The van der Waals surface area contributed by atoms with Gasteiger partial charge in [-0.1, -0.05) is 6.07 Å². The molecule has 0 amide bonds. The van der Waals surface area contributed by atoms with Crippen molar-refractivity contribution >= 4 is 15.9 Å². The van der Waals surface area contributed by atoms with Gasteiger partial charge >= 0.3 is 0 Å². The molecule has 90 valence electrons. The summed E-state index contributed by atoms with van der Waals surface area (Å²) in [5.74, 6) is 0.823. The van der Waals surface area contributed by atoms with E-state index in [0.29, 0.717) is 0 Å². The van der Waals surface area contributed by atoms with Crippen LogP contribution in [0, 0.1) is 0 Å². The number of methoxy groups -OCH3 is 1. The smallest absolute Gasteiger partial charge is 0.121 e. The number of nitrogens with one attached hydrogen (secondary N) is 1. The maximum Gasteiger partial charge on any atom is 0.121 e. The average molecular weight is 296 g/mol. The van der Waals surface area contributed by atoms with E-state index < -0.39 is 0 Å². The lowest BCUT2D eigenvalue weighted by molar-refractivity contribution is 0.414. The Morgan fingerprint density at radius 3 is 3.00 bits per heavy atom. The highest BCUT2D eigenvalue weighted by Crippen LogP contribution is 2.20. The predicted octanol–water partition coefficient (Wildman–Crippen LogP) is 2.36. The first-order valence-corrected chi connectivity index (χ1v) is 6.07. The zero-order chi connectivity index (χ0) is 12.3. The number of ether oxygens (including phenoxy) is 1. The standard InChI is InChI=1S/C12H14BrN3O/c1-14-7-12-11(13)8-16(15-12)9-4-3-5-10(6-9)17-2/h3-6,8,14H,7H2,1-2H3. The van der Waals surface area contributed by atoms with Crippen LogP contribution in [0.2, 0.25) is 0 Å². The third-order valence-electron chi connectivity index (χ3n) is 2.40. The van der Waals surface area contributed by atoms with Crippen molar-refractivity contribution in [3.63, 3.8) is 0 Å². The van der Waals surface area contributed by atoms with Crippen LogP contribution in [0.4, 0.5) is 0 Å². The van der Waals surface area contributed by atoms with E-state index in [1.807, 2.05) is 42.2 Å². The summed E-state index contributed by atoms with van der Waals surface area (Å²) in [6, 6.07) is 7.80. The molecule has 1 N–H and O–H groups in total. The number of rotatable bonds is 4. The van der Waals surface area contributed by atoms with Gasteiger partial charge < -0.3 is 10.1 Å². The molecule has 1 aromatic carbocycles. The second-order valence-corrected chi connectivity index (χ2v) is 4.45. The van der Waals surface area contributed by atoms with Crippen LogP contribution >= 0.6 is 15.9 Å². The van der Waals surface area contributed by atoms with Crippen LogP contribution in [0.15, 0.2) is 34.9 Å². The molecule has 1 aromatic heterocycles. The van der Waals surface area contributed by atoms with Crippen molar-refractivity contribution in [2.45, 2.75) is 6.54 Å². The number of benzene rings is 1. The lowest BCUT2D eigenvalue weighted by atomic mass is 10.3. The van der Waals surface area contributed by atoms with Crippen molar-refractivity contribution < 1.29 is 4.74 Å². The Labute approximate surface area is 109 Å². The van der Waals surface area contributed by atoms with Crippen molar-refractivity contribution in [2.24, 2.45) is 0 Å². The maximum absolute atomic E-state index is 5.20. The summed E-state index contributed by atoms with van der Waals surface area (Å²) in [5, 5.41) is 7.58. The molecule has 0 atom stereocenters. The molecule has 0 fully saturated rings. The van der Waals surface area contributed by atoms with Crippen molar-refractivity contribution in [3.8, 4) is 11.4 Å². The summed E-state index contributed by atoms with van der Waals surface area (Å²) in [6.45, 7) is 0.734. The van der Waals surface area contributed by atoms with Crippen LogP contribution in [0.3, 0.4) is 0 Å². The Morgan fingerprint density at radius 2 is 2.29 bits per heavy atom. The van der Waals surface area contributed by atoms with Gasteiger partial charge in [-0.2, -0.15) is 5.10 Å². The summed E-state index contributed by atoms with van der Waals surface area (Å²) < 4.78 is 8.02. The van der Waals surface area contributed by atoms with Crippen LogP contribution in [0.25, 0.3) is 5.69 Å². The Balaban J connectivity index is 2.35. The fraction of sp³-hybridized carbons (Fsp3) is 0.250. The highest BCUT2D eigenvalue weighted by Gasteiger charge is 2.07. The van der Waals surface area contributed by atoms with E-state index in [2.05, 4.69) is 26.3 Å². The molecule has 5 heteroatoms. The normalized spacial score (nSPS) is 10.5. The maximum atomic E-state index is 5.20. The third-order valence-corrected chi connectivity index (χ3v) is 3.06. The Bertz CT molecular complexity index is 510. The quantitative estimate of drug-likeness (QED) is 0.941. The minimum atomic E-state index is 0.734. The molecule has 2 aromatic rings. The molecule has 17 heavy (non-hydrogen) atoms. The number of hydrogen-bond donors (Lipinski definition) is 1. The first-order chi connectivity index (χ1) is 8.24. The molecule has 0 aliphatic rings. The molecule has 0 radical (unpaired) electrons. The third kappa shape index (κ3) is 2.68. The van der Waals surface area contributed by atoms with Gasteiger partial charge in [-0.05, 0) is 35.1 Å². The van der Waals surface area contributed by atoms with E-state index in [1.54, 1.807) is 7.11 Å². The van der Waals surface area contributed by atoms with E-state index in [-0.39, 0.29) is 0 Å². The summed E-state index contributed by atoms with van der Waals surface area (Å²) in [6.07, 6.45) is 1.95. The van der Waals surface area contributed by atoms with E-state index >= 15 is 0 Å². The zero-order valence-electron chi connectivity index (χ0n) is 9.77. The van der Waals surface area contributed by atoms with E-state index in [1.165, 1.54) is 0 Å². The van der Waals surface area contributed by atoms with Crippen LogP contribution in [-0.2, 0) is 6.54 Å². The molecule has 2 rings (SSSR count). The van der Waals surface area contributed by atoms with Gasteiger partial charge in [0.15, 0.2) is 0 Å². The summed E-state index contributed by atoms with van der Waals surface area (Å²) in [4.78, 5) is 0. The molecular weight excluding hydrogens is 282 g/mol. The van der Waals surface area contributed by atoms with Crippen LogP contribution in [-0.4, -0.2) is 23.9 Å². The van der Waals surface area contributed by atoms with Gasteiger partial charge in [-0.15, -0.1) is 0 Å². The molecular formula is C12H14BrN3O. The van der Waals surface area contributed by atoms with E-state index in [4.69, 9.17) is 4.74 Å². The molecule has 0 unspecified atom stereocenters. The Hall–Kier alpha value is -1.33. The minimum absolute atomic E-state index is 0.734. The Morgan fingerprint density at radius 1 is 1.47 bits per heavy atom. The van der Waals surface area contributed by atoms with Crippen molar-refractivity contribution in [3.05, 3.63) is 40.6 Å². The first kappa shape index (κ1) is 12.1. The van der Waals surface area contributed by atoms with Gasteiger partial charge in [0.05, 0.1) is 23.0 Å². The van der Waals surface area contributed by atoms with Crippen molar-refractivity contribution in [1.29, 1.82) is 0 Å². The van der Waals surface area contributed by atoms with Gasteiger partial charge in [0.2, 0.25) is 0 Å². The summed E-state index contributed by atoms with van der Waals surface area (Å²) in [5.41, 5.74) is 1.96. The van der Waals surface area contributed by atoms with Gasteiger partial charge in [0, 0.05) is 18.8 Å². The largest absolute Gasteiger partial charge is 0.497 e. The van der Waals surface area contributed by atoms with Gasteiger partial charge in [-0.3, -0.25) is 0 Å². The monoisotopic (exact) mass is 295 g/mol. The van der Waals surface area contributed by atoms with Crippen LogP contribution in [0.5, 0.6) is 5.75 Å². The Kier molecular flexibility index (Phi) is 3.81. The molecule has 0 saturated carbocycles. The summed E-state index contributed by atoms with van der Waals surface area (Å²) in [7, 11) is 3.56. The van der Waals surface area contributed by atoms with E-state index in [9.17, 15) is 0 Å². The molecule has 0 aliphatic carbocycles. The van der Waals surface area contributed by atoms with Gasteiger partial charge in [-0.25, -0.2) is 4.68 Å². The molecule has 0 aliphatic heterocycles. The average Bonchev–Trinajstić information content (AvgIpc) is 2.72. The summed E-state index contributed by atoms with van der Waals surface area (Å²) >= 11 is 3.50. The second kappa shape index (κ2) is 5.33. The fourth-order valence-corrected chi connectivity index (χ4v) is 1.97. The van der Waals surface area contributed by atoms with Crippen molar-refractivity contribution in [1.82, 2.24) is 15.1 Å². The lowest BCUT2D eigenvalue weighted by Crippen LogP contribution is -2.06. The molecule has 0 spiro atoms. The first-order valence-electron chi connectivity index (χ1n) is 5.27. The highest BCUT2D eigenvalue weighted by molar-refractivity contribution is 9.10. The topological polar surface area (TPSA) is 39.1 Å². The number of aromatic nitrogens is 2. The molecule has 1 heterocycles. The van der Waals surface area contributed by atoms with Gasteiger partial charge in [0.25, 0.3) is 0 Å². The minimum Gasteiger partial charge on any atom is -0.497 e. The number of nitrogens with zero attached hydrogens (tertiary/aromatic N) is 2. The zero-order valence-corrected chi connectivity index (χ0v) is 11.4. The molecule has 0 bridgehead atoms. The van der Waals surface area contributed by atoms with E-state index in [0.717, 1.165) is 28.1 Å². The second-order valence-electron chi connectivity index (χ2n) is 3.60. The number of halogens is 1. The fourth-order valence-electron chi connectivity index (χ4n) is 1.56. The predicted molar refractivity (Wildman–Crippen MR) is 70.6 cm³/mol.